The number of piperidine rings is 1. The van der Waals surface area contributed by atoms with Crippen molar-refractivity contribution >= 4 is 23.1 Å². The predicted molar refractivity (Wildman–Crippen MR) is 125 cm³/mol. The molecule has 0 radical (unpaired) electrons. The summed E-state index contributed by atoms with van der Waals surface area (Å²) in [5.41, 5.74) is 6.28. The van der Waals surface area contributed by atoms with E-state index in [-0.39, 0.29) is 36.4 Å². The molecule has 2 bridgehead atoms. The summed E-state index contributed by atoms with van der Waals surface area (Å²) in [5.74, 6) is 0. The third kappa shape index (κ3) is 4.49. The second kappa shape index (κ2) is 9.18. The molecule has 4 atom stereocenters. The number of carbonyl (C=O) groups is 2. The maximum absolute atomic E-state index is 13.2. The van der Waals surface area contributed by atoms with Crippen molar-refractivity contribution < 1.29 is 14.7 Å². The first kappa shape index (κ1) is 23.3. The van der Waals surface area contributed by atoms with Gasteiger partial charge in [-0.05, 0) is 51.7 Å². The van der Waals surface area contributed by atoms with E-state index < -0.39 is 18.2 Å². The number of primary amides is 1. The van der Waals surface area contributed by atoms with Crippen LogP contribution in [0.25, 0.3) is 11.0 Å². The highest BCUT2D eigenvalue weighted by molar-refractivity contribution is 5.89. The molecule has 0 spiro atoms. The average molecular weight is 459 g/mol. The molecule has 2 aliphatic heterocycles. The number of urea groups is 1. The summed E-state index contributed by atoms with van der Waals surface area (Å²) in [5, 5.41) is 13.5. The summed E-state index contributed by atoms with van der Waals surface area (Å²) in [6.45, 7) is 4.52. The number of likely N-dealkylation sites (N-methyl/N-ethyl adjacent to an activating group) is 1. The van der Waals surface area contributed by atoms with Crippen molar-refractivity contribution in [2.75, 3.05) is 20.1 Å². The summed E-state index contributed by atoms with van der Waals surface area (Å²) < 4.78 is 2.89. The van der Waals surface area contributed by atoms with Crippen LogP contribution >= 0.6 is 0 Å². The highest BCUT2D eigenvalue weighted by Crippen LogP contribution is 2.36. The fourth-order valence-electron chi connectivity index (χ4n) is 5.50. The maximum atomic E-state index is 13.2. The standard InChI is InChI=1S/C23H34N6O4/c1-14(2)28-19-6-4-5-7-20(19)29(23(28)33)22(32)25-15-10-16-8-9-17(11-15)27(16)13-18(30)12-26(3)21(24)31/h4-7,14-18,30H,8-13H2,1-3H3,(H2,24,31)(H,25,32)/t15-,16-,17+,18?. The van der Waals surface area contributed by atoms with E-state index in [9.17, 15) is 19.5 Å². The molecule has 2 aromatic rings. The number of imidazole rings is 1. The molecule has 4 rings (SSSR count). The van der Waals surface area contributed by atoms with Gasteiger partial charge in [0.15, 0.2) is 0 Å². The fraction of sp³-hybridized carbons (Fsp3) is 0.609. The molecular weight excluding hydrogens is 424 g/mol. The minimum atomic E-state index is -0.683. The number of para-hydroxylation sites is 2. The van der Waals surface area contributed by atoms with Crippen LogP contribution in [0.2, 0.25) is 0 Å². The largest absolute Gasteiger partial charge is 0.390 e. The number of aliphatic hydroxyl groups excluding tert-OH is 1. The topological polar surface area (TPSA) is 126 Å². The molecule has 0 aliphatic carbocycles. The Morgan fingerprint density at radius 3 is 2.36 bits per heavy atom. The van der Waals surface area contributed by atoms with Crippen molar-refractivity contribution in [2.45, 2.75) is 69.8 Å². The zero-order valence-electron chi connectivity index (χ0n) is 19.5. The van der Waals surface area contributed by atoms with Crippen LogP contribution in [0.1, 0.15) is 45.6 Å². The van der Waals surface area contributed by atoms with Gasteiger partial charge in [-0.1, -0.05) is 12.1 Å². The van der Waals surface area contributed by atoms with Crippen molar-refractivity contribution in [3.8, 4) is 0 Å². The third-order valence-corrected chi connectivity index (χ3v) is 6.99. The molecule has 10 nitrogen and oxygen atoms in total. The lowest BCUT2D eigenvalue weighted by Gasteiger charge is -2.40. The number of nitrogens with two attached hydrogens (primary N) is 1. The van der Waals surface area contributed by atoms with Crippen LogP contribution in [0, 0.1) is 0 Å². The number of fused-ring (bicyclic) bond motifs is 3. The highest BCUT2D eigenvalue weighted by Gasteiger charge is 2.42. The first-order chi connectivity index (χ1) is 15.7. The zero-order valence-corrected chi connectivity index (χ0v) is 19.5. The SMILES string of the molecule is CC(C)n1c(=O)n(C(=O)N[C@@H]2C[C@H]3CC[C@@H](C2)N3CC(O)CN(C)C(N)=O)c2ccccc21. The lowest BCUT2D eigenvalue weighted by atomic mass is 9.97. The summed E-state index contributed by atoms with van der Waals surface area (Å²) >= 11 is 0. The molecular formula is C23H34N6O4. The summed E-state index contributed by atoms with van der Waals surface area (Å²) in [4.78, 5) is 41.1. The van der Waals surface area contributed by atoms with Crippen molar-refractivity contribution in [3.63, 3.8) is 0 Å². The van der Waals surface area contributed by atoms with Crippen molar-refractivity contribution in [1.82, 2.24) is 24.3 Å². The van der Waals surface area contributed by atoms with E-state index in [0.29, 0.717) is 12.1 Å². The van der Waals surface area contributed by atoms with Gasteiger partial charge in [-0.25, -0.2) is 19.0 Å². The molecule has 2 saturated heterocycles. The van der Waals surface area contributed by atoms with Crippen LogP contribution in [-0.4, -0.2) is 80.5 Å². The van der Waals surface area contributed by atoms with E-state index >= 15 is 0 Å². The van der Waals surface area contributed by atoms with E-state index in [1.807, 2.05) is 32.0 Å². The Balaban J connectivity index is 1.44. The van der Waals surface area contributed by atoms with Gasteiger partial charge in [0.2, 0.25) is 0 Å². The van der Waals surface area contributed by atoms with Gasteiger partial charge in [0.1, 0.15) is 0 Å². The van der Waals surface area contributed by atoms with Crippen molar-refractivity contribution in [2.24, 2.45) is 5.73 Å². The number of amides is 3. The van der Waals surface area contributed by atoms with Crippen LogP contribution < -0.4 is 16.7 Å². The number of carbonyl (C=O) groups excluding carboxylic acids is 2. The van der Waals surface area contributed by atoms with Gasteiger partial charge >= 0.3 is 17.8 Å². The van der Waals surface area contributed by atoms with Crippen LogP contribution in [0.5, 0.6) is 0 Å². The molecule has 1 unspecified atom stereocenters. The average Bonchev–Trinajstić information content (AvgIpc) is 3.16. The van der Waals surface area contributed by atoms with Gasteiger partial charge in [-0.2, -0.15) is 0 Å². The monoisotopic (exact) mass is 458 g/mol. The number of rotatable bonds is 6. The fourth-order valence-corrected chi connectivity index (χ4v) is 5.50. The highest BCUT2D eigenvalue weighted by atomic mass is 16.3. The third-order valence-electron chi connectivity index (χ3n) is 6.99. The van der Waals surface area contributed by atoms with Gasteiger partial charge in [-0.3, -0.25) is 9.47 Å². The first-order valence-corrected chi connectivity index (χ1v) is 11.6. The predicted octanol–water partition coefficient (Wildman–Crippen LogP) is 1.31. The molecule has 180 valence electrons. The Bertz CT molecular complexity index is 1080. The Kier molecular flexibility index (Phi) is 6.49. The van der Waals surface area contributed by atoms with Crippen molar-refractivity contribution in [3.05, 3.63) is 34.7 Å². The van der Waals surface area contributed by atoms with Crippen LogP contribution in [0.3, 0.4) is 0 Å². The molecule has 3 amide bonds. The Morgan fingerprint density at radius 2 is 1.79 bits per heavy atom. The van der Waals surface area contributed by atoms with E-state index in [4.69, 9.17) is 5.73 Å². The number of hydrogen-bond acceptors (Lipinski definition) is 5. The maximum Gasteiger partial charge on any atom is 0.337 e. The van der Waals surface area contributed by atoms with Gasteiger partial charge in [-0.15, -0.1) is 0 Å². The normalized spacial score (nSPS) is 23.7. The summed E-state index contributed by atoms with van der Waals surface area (Å²) in [6, 6.07) is 6.80. The summed E-state index contributed by atoms with van der Waals surface area (Å²) in [7, 11) is 1.57. The zero-order chi connectivity index (χ0) is 23.9. The molecule has 2 aliphatic rings. The Hall–Kier alpha value is -2.85. The second-order valence-corrected chi connectivity index (χ2v) is 9.64. The number of aromatic nitrogens is 2. The minimum Gasteiger partial charge on any atom is -0.390 e. The molecule has 4 N–H and O–H groups in total. The number of nitrogens with one attached hydrogen (secondary N) is 1. The van der Waals surface area contributed by atoms with Crippen LogP contribution in [0.4, 0.5) is 9.59 Å². The summed E-state index contributed by atoms with van der Waals surface area (Å²) in [6.07, 6.45) is 2.85. The number of benzene rings is 1. The van der Waals surface area contributed by atoms with Gasteiger partial charge in [0, 0.05) is 44.3 Å². The lowest BCUT2D eigenvalue weighted by molar-refractivity contribution is 0.0433. The quantitative estimate of drug-likeness (QED) is 0.602. The lowest BCUT2D eigenvalue weighted by Crippen LogP contribution is -2.54. The Labute approximate surface area is 192 Å². The minimum absolute atomic E-state index is 0.0373. The molecule has 0 saturated carbocycles. The van der Waals surface area contributed by atoms with Gasteiger partial charge in [0.05, 0.1) is 17.1 Å². The van der Waals surface area contributed by atoms with E-state index in [1.165, 1.54) is 9.47 Å². The van der Waals surface area contributed by atoms with Crippen LogP contribution in [0.15, 0.2) is 29.1 Å². The molecule has 33 heavy (non-hydrogen) atoms. The van der Waals surface area contributed by atoms with Gasteiger partial charge < -0.3 is 21.1 Å². The number of nitrogens with zero attached hydrogens (tertiary/aromatic N) is 4. The first-order valence-electron chi connectivity index (χ1n) is 11.6. The Morgan fingerprint density at radius 1 is 1.18 bits per heavy atom. The smallest absolute Gasteiger partial charge is 0.337 e. The van der Waals surface area contributed by atoms with Crippen molar-refractivity contribution in [1.29, 1.82) is 0 Å². The number of hydrogen-bond donors (Lipinski definition) is 3. The van der Waals surface area contributed by atoms with E-state index in [0.717, 1.165) is 31.2 Å². The molecule has 1 aromatic heterocycles. The molecule has 10 heteroatoms. The second-order valence-electron chi connectivity index (χ2n) is 9.64. The van der Waals surface area contributed by atoms with Gasteiger partial charge in [0.25, 0.3) is 0 Å². The molecule has 3 heterocycles. The number of aliphatic hydroxyl groups is 1. The molecule has 1 aromatic carbocycles. The van der Waals surface area contributed by atoms with E-state index in [2.05, 4.69) is 10.2 Å². The molecule has 2 fully saturated rings. The van der Waals surface area contributed by atoms with E-state index in [1.54, 1.807) is 17.7 Å². The van der Waals surface area contributed by atoms with Crippen LogP contribution in [-0.2, 0) is 0 Å².